The number of benzene rings is 2. The van der Waals surface area contributed by atoms with Gasteiger partial charge in [-0.1, -0.05) is 42.5 Å². The molecular weight excluding hydrogens is 526 g/mol. The molecule has 7 N–H and O–H groups in total. The molecule has 0 radical (unpaired) electrons. The molecule has 3 heterocycles. The third-order valence-corrected chi connectivity index (χ3v) is 8.89. The minimum absolute atomic E-state index is 0.0283. The molecule has 0 saturated carbocycles. The highest BCUT2D eigenvalue weighted by molar-refractivity contribution is 7.20. The first-order valence-corrected chi connectivity index (χ1v) is 14.5. The van der Waals surface area contributed by atoms with E-state index in [0.29, 0.717) is 43.7 Å². The average molecular weight is 562 g/mol. The van der Waals surface area contributed by atoms with Crippen LogP contribution in [0.5, 0.6) is 0 Å². The quantitative estimate of drug-likeness (QED) is 0.127. The van der Waals surface area contributed by atoms with E-state index in [1.54, 1.807) is 4.90 Å². The lowest BCUT2D eigenvalue weighted by atomic mass is 9.81. The molecule has 10 nitrogen and oxygen atoms in total. The molecule has 0 aliphatic carbocycles. The van der Waals surface area contributed by atoms with Gasteiger partial charge in [-0.15, -0.1) is 11.3 Å². The Bertz CT molecular complexity index is 1390. The largest absolute Gasteiger partial charge is 0.370 e. The highest BCUT2D eigenvalue weighted by Crippen LogP contribution is 2.37. The van der Waals surface area contributed by atoms with Crippen molar-refractivity contribution in [3.8, 4) is 0 Å². The van der Waals surface area contributed by atoms with Crippen LogP contribution >= 0.6 is 11.3 Å². The summed E-state index contributed by atoms with van der Waals surface area (Å²) in [5.41, 5.74) is 18.2. The summed E-state index contributed by atoms with van der Waals surface area (Å²) in [7, 11) is 0. The van der Waals surface area contributed by atoms with E-state index in [-0.39, 0.29) is 29.6 Å². The Morgan fingerprint density at radius 1 is 1.10 bits per heavy atom. The number of fused-ring (bicyclic) bond motifs is 2. The number of para-hydroxylation sites is 1. The van der Waals surface area contributed by atoms with Crippen LogP contribution in [0.3, 0.4) is 0 Å². The average Bonchev–Trinajstić information content (AvgIpc) is 3.57. The monoisotopic (exact) mass is 561 g/mol. The van der Waals surface area contributed by atoms with Crippen molar-refractivity contribution in [3.63, 3.8) is 0 Å². The van der Waals surface area contributed by atoms with Crippen molar-refractivity contribution in [2.24, 2.45) is 22.2 Å². The first-order chi connectivity index (χ1) is 19.2. The number of rotatable bonds is 10. The van der Waals surface area contributed by atoms with Gasteiger partial charge < -0.3 is 27.4 Å². The van der Waals surface area contributed by atoms with Crippen LogP contribution in [0.25, 0.3) is 10.2 Å². The molecule has 0 bridgehead atoms. The first kappa shape index (κ1) is 27.7. The predicted octanol–water partition coefficient (Wildman–Crippen LogP) is 2.11. The zero-order valence-corrected chi connectivity index (χ0v) is 23.1. The number of nitrogens with two attached hydrogens (primary N) is 3. The minimum atomic E-state index is -1.07. The first-order valence-electron chi connectivity index (χ1n) is 13.7. The summed E-state index contributed by atoms with van der Waals surface area (Å²) in [6.45, 7) is 0.327. The Hall–Kier alpha value is -3.83. The van der Waals surface area contributed by atoms with Gasteiger partial charge in [0.05, 0.1) is 21.8 Å². The van der Waals surface area contributed by atoms with Crippen LogP contribution in [0.4, 0.5) is 0 Å². The summed E-state index contributed by atoms with van der Waals surface area (Å²) in [6.07, 6.45) is 3.79. The zero-order valence-electron chi connectivity index (χ0n) is 22.3. The number of amides is 2. The van der Waals surface area contributed by atoms with Gasteiger partial charge in [0, 0.05) is 12.6 Å². The van der Waals surface area contributed by atoms with E-state index >= 15 is 0 Å². The third-order valence-electron chi connectivity index (χ3n) is 7.83. The molecule has 11 heteroatoms. The van der Waals surface area contributed by atoms with Crippen LogP contribution in [0, 0.1) is 0 Å². The molecule has 2 saturated heterocycles. The maximum absolute atomic E-state index is 13.8. The van der Waals surface area contributed by atoms with Gasteiger partial charge in [-0.25, -0.2) is 4.98 Å². The van der Waals surface area contributed by atoms with Crippen molar-refractivity contribution in [1.29, 1.82) is 0 Å². The zero-order chi connectivity index (χ0) is 28.3. The number of carbonyl (C=O) groups excluding carboxylic acids is 3. The van der Waals surface area contributed by atoms with E-state index in [2.05, 4.69) is 15.3 Å². The van der Waals surface area contributed by atoms with Crippen molar-refractivity contribution in [2.45, 2.75) is 68.6 Å². The third kappa shape index (κ3) is 5.85. The molecule has 3 aromatic rings. The minimum Gasteiger partial charge on any atom is -0.370 e. The molecule has 210 valence electrons. The van der Waals surface area contributed by atoms with Gasteiger partial charge in [-0.05, 0) is 62.6 Å². The van der Waals surface area contributed by atoms with E-state index in [1.807, 2.05) is 54.6 Å². The maximum Gasteiger partial charge on any atom is 0.243 e. The fourth-order valence-corrected chi connectivity index (χ4v) is 6.77. The number of Topliss-reactive ketones (excluding diaryl/α,β-unsaturated/α-hetero) is 1. The number of aliphatic imine (C=N–C) groups is 1. The van der Waals surface area contributed by atoms with E-state index in [0.717, 1.165) is 28.6 Å². The van der Waals surface area contributed by atoms with E-state index in [1.165, 1.54) is 11.3 Å². The number of carbonyl (C=O) groups is 3. The standard InChI is InChI=1S/C29H35N7O3S/c30-28(31)33-16-6-10-21(24(37)26-35-20-9-4-5-11-23(20)40-26)34-25(38)22-13-12-19-14-15-29(32,27(39)36(19)22)17-18-7-2-1-3-8-18/h1-5,7-9,11,19,21-22H,6,10,12-17,32H2,(H,34,38)(H4,30,31,33)/t19?,21?,22-,29-/m0/s1. The number of nitrogens with zero attached hydrogens (tertiary/aromatic N) is 3. The summed E-state index contributed by atoms with van der Waals surface area (Å²) in [6, 6.07) is 15.7. The van der Waals surface area contributed by atoms with Gasteiger partial charge in [-0.3, -0.25) is 19.4 Å². The van der Waals surface area contributed by atoms with Crippen molar-refractivity contribution in [3.05, 3.63) is 65.2 Å². The Morgan fingerprint density at radius 2 is 1.85 bits per heavy atom. The number of thiazole rings is 1. The number of hydrogen-bond donors (Lipinski definition) is 4. The molecule has 1 aromatic heterocycles. The number of aromatic nitrogens is 1. The van der Waals surface area contributed by atoms with Crippen LogP contribution in [0.15, 0.2) is 59.6 Å². The van der Waals surface area contributed by atoms with Crippen LogP contribution in [0.2, 0.25) is 0 Å². The molecule has 2 aliphatic heterocycles. The predicted molar refractivity (Wildman–Crippen MR) is 156 cm³/mol. The summed E-state index contributed by atoms with van der Waals surface area (Å²) in [5.74, 6) is -0.844. The molecule has 2 unspecified atom stereocenters. The summed E-state index contributed by atoms with van der Waals surface area (Å²) < 4.78 is 0.895. The normalized spacial score (nSPS) is 23.0. The number of hydrogen-bond acceptors (Lipinski definition) is 7. The van der Waals surface area contributed by atoms with Crippen molar-refractivity contribution < 1.29 is 14.4 Å². The molecule has 0 spiro atoms. The second-order valence-electron chi connectivity index (χ2n) is 10.7. The van der Waals surface area contributed by atoms with Crippen LogP contribution < -0.4 is 22.5 Å². The van der Waals surface area contributed by atoms with Gasteiger partial charge in [0.25, 0.3) is 0 Å². The Balaban J connectivity index is 1.33. The van der Waals surface area contributed by atoms with Crippen LogP contribution in [-0.4, -0.2) is 63.7 Å². The molecule has 40 heavy (non-hydrogen) atoms. The van der Waals surface area contributed by atoms with Gasteiger partial charge in [0.1, 0.15) is 6.04 Å². The SMILES string of the molecule is NC(N)=NCCCC(NC(=O)[C@@H]1CCC2CC[C@](N)(Cc3ccccc3)C(=O)N21)C(=O)c1nc2ccccc2s1. The lowest BCUT2D eigenvalue weighted by Gasteiger charge is -2.43. The second kappa shape index (κ2) is 11.7. The molecule has 5 rings (SSSR count). The van der Waals surface area contributed by atoms with Gasteiger partial charge in [0.15, 0.2) is 11.0 Å². The number of nitrogens with one attached hydrogen (secondary N) is 1. The summed E-state index contributed by atoms with van der Waals surface area (Å²) >= 11 is 1.30. The topological polar surface area (TPSA) is 170 Å². The Kier molecular flexibility index (Phi) is 8.13. The molecular formula is C29H35N7O3S. The van der Waals surface area contributed by atoms with Crippen molar-refractivity contribution in [2.75, 3.05) is 6.54 Å². The van der Waals surface area contributed by atoms with Crippen LogP contribution in [0.1, 0.15) is 53.9 Å². The van der Waals surface area contributed by atoms with Gasteiger partial charge in [0.2, 0.25) is 17.6 Å². The van der Waals surface area contributed by atoms with Crippen molar-refractivity contribution >= 4 is 45.1 Å². The Morgan fingerprint density at radius 3 is 2.60 bits per heavy atom. The fraction of sp³-hybridized carbons (Fsp3) is 0.414. The highest BCUT2D eigenvalue weighted by atomic mass is 32.1. The molecule has 4 atom stereocenters. The van der Waals surface area contributed by atoms with Crippen molar-refractivity contribution in [1.82, 2.24) is 15.2 Å². The second-order valence-corrected chi connectivity index (χ2v) is 11.7. The number of ketones is 1. The van der Waals surface area contributed by atoms with E-state index < -0.39 is 17.6 Å². The molecule has 2 amide bonds. The fourth-order valence-electron chi connectivity index (χ4n) is 5.81. The van der Waals surface area contributed by atoms with E-state index in [9.17, 15) is 14.4 Å². The molecule has 2 aromatic carbocycles. The number of guanidine groups is 1. The molecule has 2 fully saturated rings. The lowest BCUT2D eigenvalue weighted by Crippen LogP contribution is -2.65. The highest BCUT2D eigenvalue weighted by Gasteiger charge is 2.51. The molecule has 2 aliphatic rings. The van der Waals surface area contributed by atoms with Gasteiger partial charge >= 0.3 is 0 Å². The van der Waals surface area contributed by atoms with Crippen LogP contribution in [-0.2, 0) is 16.0 Å². The Labute approximate surface area is 237 Å². The van der Waals surface area contributed by atoms with E-state index in [4.69, 9.17) is 17.2 Å². The maximum atomic E-state index is 13.8. The summed E-state index contributed by atoms with van der Waals surface area (Å²) in [4.78, 5) is 51.2. The lowest BCUT2D eigenvalue weighted by molar-refractivity contribution is -0.148. The number of piperidine rings is 1. The van der Waals surface area contributed by atoms with Gasteiger partial charge in [-0.2, -0.15) is 0 Å². The smallest absolute Gasteiger partial charge is 0.243 e. The summed E-state index contributed by atoms with van der Waals surface area (Å²) in [5, 5.41) is 3.28.